The molecule has 0 aromatic heterocycles. The van der Waals surface area contributed by atoms with Crippen molar-refractivity contribution in [1.82, 2.24) is 0 Å². The van der Waals surface area contributed by atoms with Crippen molar-refractivity contribution in [3.05, 3.63) is 35.9 Å². The fraction of sp³-hybridized carbons (Fsp3) is 0.647. The van der Waals surface area contributed by atoms with Gasteiger partial charge in [0.15, 0.2) is 0 Å². The van der Waals surface area contributed by atoms with Crippen molar-refractivity contribution >= 4 is 0 Å². The van der Waals surface area contributed by atoms with Crippen LogP contribution < -0.4 is 29.6 Å². The van der Waals surface area contributed by atoms with Crippen molar-refractivity contribution in [1.29, 1.82) is 0 Å². The van der Waals surface area contributed by atoms with Gasteiger partial charge in [-0.05, 0) is 18.4 Å². The van der Waals surface area contributed by atoms with Crippen LogP contribution in [0.5, 0.6) is 0 Å². The van der Waals surface area contributed by atoms with Gasteiger partial charge in [0.1, 0.15) is 0 Å². The predicted octanol–water partition coefficient (Wildman–Crippen LogP) is 2.88. The zero-order valence-corrected chi connectivity index (χ0v) is 14.5. The van der Waals surface area contributed by atoms with Gasteiger partial charge in [0.05, 0.1) is 0 Å². The van der Waals surface area contributed by atoms with E-state index in [1.165, 1.54) is 69.8 Å². The minimum absolute atomic E-state index is 0. The van der Waals surface area contributed by atoms with Gasteiger partial charge in [-0.15, -0.1) is 0 Å². The second kappa shape index (κ2) is 13.6. The van der Waals surface area contributed by atoms with E-state index in [9.17, 15) is 0 Å². The molecule has 0 radical (unpaired) electrons. The second-order valence-corrected chi connectivity index (χ2v) is 5.06. The SMILES string of the molecule is CCCCCCCCCCCc1ccccc1.[H-].[Na+]. The monoisotopic (exact) mass is 256 g/mol. The maximum absolute atomic E-state index is 2.28. The van der Waals surface area contributed by atoms with Gasteiger partial charge < -0.3 is 1.43 Å². The Morgan fingerprint density at radius 1 is 0.722 bits per heavy atom. The first-order valence-corrected chi connectivity index (χ1v) is 7.47. The second-order valence-electron chi connectivity index (χ2n) is 5.06. The van der Waals surface area contributed by atoms with Gasteiger partial charge in [-0.3, -0.25) is 0 Å². The maximum Gasteiger partial charge on any atom is 1.00 e. The molecule has 1 aromatic carbocycles. The van der Waals surface area contributed by atoms with Gasteiger partial charge in [0.25, 0.3) is 0 Å². The van der Waals surface area contributed by atoms with Gasteiger partial charge >= 0.3 is 29.6 Å². The molecule has 1 heteroatoms. The Kier molecular flexibility index (Phi) is 13.8. The summed E-state index contributed by atoms with van der Waals surface area (Å²) in [5, 5.41) is 0. The van der Waals surface area contributed by atoms with Crippen molar-refractivity contribution in [3.63, 3.8) is 0 Å². The molecule has 0 heterocycles. The molecule has 0 nitrogen and oxygen atoms in total. The third-order valence-electron chi connectivity index (χ3n) is 3.41. The summed E-state index contributed by atoms with van der Waals surface area (Å²) in [7, 11) is 0. The summed E-state index contributed by atoms with van der Waals surface area (Å²) >= 11 is 0. The molecule has 0 amide bonds. The standard InChI is InChI=1S/C17H28.Na.H/c1-2-3-4-5-6-7-8-9-11-14-17-15-12-10-13-16-17;;/h10,12-13,15-16H,2-9,11,14H2,1H3;;/q;+1;-1. The van der Waals surface area contributed by atoms with Gasteiger partial charge in [-0.2, -0.15) is 0 Å². The number of hydrogen-bond acceptors (Lipinski definition) is 0. The van der Waals surface area contributed by atoms with E-state index in [2.05, 4.69) is 37.3 Å². The molecule has 0 fully saturated rings. The van der Waals surface area contributed by atoms with E-state index in [0.29, 0.717) is 0 Å². The molecule has 1 rings (SSSR count). The predicted molar refractivity (Wildman–Crippen MR) is 78.5 cm³/mol. The third-order valence-corrected chi connectivity index (χ3v) is 3.41. The average Bonchev–Trinajstić information content (AvgIpc) is 2.38. The van der Waals surface area contributed by atoms with E-state index < -0.39 is 0 Å². The molecule has 0 atom stereocenters. The molecule has 98 valence electrons. The van der Waals surface area contributed by atoms with E-state index in [1.54, 1.807) is 0 Å². The molecular weight excluding hydrogens is 227 g/mol. The molecule has 0 aliphatic rings. The van der Waals surface area contributed by atoms with Crippen LogP contribution in [0.1, 0.15) is 71.7 Å². The van der Waals surface area contributed by atoms with E-state index in [1.807, 2.05) is 0 Å². The minimum atomic E-state index is 0. The first-order chi connectivity index (χ1) is 8.43. The van der Waals surface area contributed by atoms with Crippen LogP contribution in [0.15, 0.2) is 30.3 Å². The van der Waals surface area contributed by atoms with Gasteiger partial charge in [0.2, 0.25) is 0 Å². The van der Waals surface area contributed by atoms with Crippen LogP contribution in [-0.2, 0) is 6.42 Å². The van der Waals surface area contributed by atoms with Crippen LogP contribution in [0.25, 0.3) is 0 Å². The summed E-state index contributed by atoms with van der Waals surface area (Å²) < 4.78 is 0. The van der Waals surface area contributed by atoms with E-state index in [0.717, 1.165) is 0 Å². The summed E-state index contributed by atoms with van der Waals surface area (Å²) in [5.74, 6) is 0. The molecule has 0 unspecified atom stereocenters. The molecule has 0 spiro atoms. The van der Waals surface area contributed by atoms with Crippen molar-refractivity contribution in [2.75, 3.05) is 0 Å². The van der Waals surface area contributed by atoms with Crippen molar-refractivity contribution in [3.8, 4) is 0 Å². The first-order valence-electron chi connectivity index (χ1n) is 7.47. The Morgan fingerprint density at radius 2 is 1.22 bits per heavy atom. The summed E-state index contributed by atoms with van der Waals surface area (Å²) in [6.07, 6.45) is 14.0. The van der Waals surface area contributed by atoms with Crippen LogP contribution >= 0.6 is 0 Å². The van der Waals surface area contributed by atoms with Gasteiger partial charge in [-0.25, -0.2) is 0 Å². The topological polar surface area (TPSA) is 0 Å². The molecular formula is C17H29Na. The number of rotatable bonds is 10. The van der Waals surface area contributed by atoms with Crippen molar-refractivity contribution in [2.24, 2.45) is 0 Å². The Hall–Kier alpha value is 0.220. The number of benzene rings is 1. The van der Waals surface area contributed by atoms with Crippen LogP contribution in [0.4, 0.5) is 0 Å². The van der Waals surface area contributed by atoms with Crippen LogP contribution in [0, 0.1) is 0 Å². The molecule has 0 aliphatic carbocycles. The quantitative estimate of drug-likeness (QED) is 0.446. The number of aryl methyl sites for hydroxylation is 1. The van der Waals surface area contributed by atoms with Crippen LogP contribution in [0.2, 0.25) is 0 Å². The Morgan fingerprint density at radius 3 is 1.78 bits per heavy atom. The number of unbranched alkanes of at least 4 members (excludes halogenated alkanes) is 8. The smallest absolute Gasteiger partial charge is 1.00 e. The molecule has 0 saturated heterocycles. The maximum atomic E-state index is 2.28. The van der Waals surface area contributed by atoms with E-state index in [4.69, 9.17) is 0 Å². The largest absolute Gasteiger partial charge is 1.00 e. The van der Waals surface area contributed by atoms with Gasteiger partial charge in [0, 0.05) is 0 Å². The van der Waals surface area contributed by atoms with E-state index >= 15 is 0 Å². The summed E-state index contributed by atoms with van der Waals surface area (Å²) in [6.45, 7) is 2.28. The number of hydrogen-bond donors (Lipinski definition) is 0. The van der Waals surface area contributed by atoms with Crippen LogP contribution in [0.3, 0.4) is 0 Å². The molecule has 0 N–H and O–H groups in total. The summed E-state index contributed by atoms with van der Waals surface area (Å²) in [6, 6.07) is 10.9. The third kappa shape index (κ3) is 10.2. The molecule has 0 aliphatic heterocycles. The van der Waals surface area contributed by atoms with Crippen molar-refractivity contribution in [2.45, 2.75) is 71.1 Å². The van der Waals surface area contributed by atoms with Crippen molar-refractivity contribution < 1.29 is 31.0 Å². The fourth-order valence-electron chi connectivity index (χ4n) is 2.28. The molecule has 18 heavy (non-hydrogen) atoms. The van der Waals surface area contributed by atoms with Crippen LogP contribution in [-0.4, -0.2) is 0 Å². The molecule has 0 saturated carbocycles. The zero-order chi connectivity index (χ0) is 12.2. The average molecular weight is 256 g/mol. The fourth-order valence-corrected chi connectivity index (χ4v) is 2.28. The summed E-state index contributed by atoms with van der Waals surface area (Å²) in [4.78, 5) is 0. The summed E-state index contributed by atoms with van der Waals surface area (Å²) in [5.41, 5.74) is 1.50. The Labute approximate surface area is 137 Å². The Bertz CT molecular complexity index is 261. The molecule has 0 bridgehead atoms. The molecule has 1 aromatic rings. The van der Waals surface area contributed by atoms with Gasteiger partial charge in [-0.1, -0.05) is 88.6 Å². The zero-order valence-electron chi connectivity index (χ0n) is 13.5. The first kappa shape index (κ1) is 18.2. The normalized spacial score (nSPS) is 10.1. The van der Waals surface area contributed by atoms with E-state index in [-0.39, 0.29) is 31.0 Å². The minimum Gasteiger partial charge on any atom is -1.00 e. The Balaban J connectivity index is 0.